The Labute approximate surface area is 150 Å². The van der Waals surface area contributed by atoms with E-state index in [9.17, 15) is 0 Å². The van der Waals surface area contributed by atoms with Gasteiger partial charge in [0.05, 0.1) is 6.33 Å². The highest BCUT2D eigenvalue weighted by Crippen LogP contribution is 2.19. The Morgan fingerprint density at radius 3 is 2.96 bits per heavy atom. The summed E-state index contributed by atoms with van der Waals surface area (Å²) in [4.78, 5) is 11.2. The molecule has 6 nitrogen and oxygen atoms in total. The Balaban J connectivity index is 1.47. The summed E-state index contributed by atoms with van der Waals surface area (Å²) in [6, 6.07) is 11.1. The van der Waals surface area contributed by atoms with Crippen molar-refractivity contribution in [1.29, 1.82) is 0 Å². The quantitative estimate of drug-likeness (QED) is 0.460. The third kappa shape index (κ3) is 5.24. The fraction of sp³-hybridized carbons (Fsp3) is 0.474. The van der Waals surface area contributed by atoms with Gasteiger partial charge >= 0.3 is 0 Å². The molecule has 3 rings (SSSR count). The van der Waals surface area contributed by atoms with Gasteiger partial charge in [-0.05, 0) is 31.9 Å². The summed E-state index contributed by atoms with van der Waals surface area (Å²) in [6.45, 7) is 6.85. The molecule has 0 saturated carbocycles. The fourth-order valence-electron chi connectivity index (χ4n) is 3.13. The Hall–Kier alpha value is -2.50. The highest BCUT2D eigenvalue weighted by molar-refractivity contribution is 5.80. The predicted molar refractivity (Wildman–Crippen MR) is 103 cm³/mol. The standard InChI is InChI=1S/C19H28N6/c1-2-21-19(22-10-6-12-24-14-11-20-16-24)23-17-9-13-25(15-17)18-7-4-3-5-8-18/h3-5,7-8,11,14,16-17H,2,6,9-10,12-13,15H2,1H3,(H2,21,22,23). The minimum atomic E-state index is 0.437. The molecule has 1 saturated heterocycles. The van der Waals surface area contributed by atoms with Crippen molar-refractivity contribution in [3.8, 4) is 0 Å². The Kier molecular flexibility index (Phi) is 6.31. The van der Waals surface area contributed by atoms with Gasteiger partial charge in [-0.3, -0.25) is 4.99 Å². The van der Waals surface area contributed by atoms with E-state index >= 15 is 0 Å². The van der Waals surface area contributed by atoms with E-state index in [1.807, 2.05) is 18.7 Å². The molecular weight excluding hydrogens is 312 g/mol. The van der Waals surface area contributed by atoms with Crippen LogP contribution in [-0.4, -0.2) is 47.7 Å². The molecule has 0 bridgehead atoms. The molecule has 0 amide bonds. The normalized spacial score (nSPS) is 17.7. The molecule has 1 aliphatic heterocycles. The summed E-state index contributed by atoms with van der Waals surface area (Å²) < 4.78 is 2.09. The van der Waals surface area contributed by atoms with Crippen molar-refractivity contribution in [2.24, 2.45) is 4.99 Å². The zero-order valence-corrected chi connectivity index (χ0v) is 14.9. The lowest BCUT2D eigenvalue weighted by Gasteiger charge is -2.20. The summed E-state index contributed by atoms with van der Waals surface area (Å²) in [5.74, 6) is 0.924. The molecule has 6 heteroatoms. The lowest BCUT2D eigenvalue weighted by atomic mass is 10.3. The molecule has 1 aliphatic rings. The van der Waals surface area contributed by atoms with Gasteiger partial charge in [0.25, 0.3) is 0 Å². The average molecular weight is 340 g/mol. The number of anilines is 1. The van der Waals surface area contributed by atoms with E-state index in [0.717, 1.165) is 51.5 Å². The highest BCUT2D eigenvalue weighted by atomic mass is 15.2. The Bertz CT molecular complexity index is 637. The molecule has 2 aromatic rings. The number of hydrogen-bond acceptors (Lipinski definition) is 3. The summed E-state index contributed by atoms with van der Waals surface area (Å²) in [7, 11) is 0. The molecule has 1 atom stereocenters. The van der Waals surface area contributed by atoms with Gasteiger partial charge in [-0.1, -0.05) is 18.2 Å². The summed E-state index contributed by atoms with van der Waals surface area (Å²) >= 11 is 0. The second-order valence-electron chi connectivity index (χ2n) is 6.33. The zero-order valence-electron chi connectivity index (χ0n) is 14.9. The zero-order chi connectivity index (χ0) is 17.3. The molecule has 0 radical (unpaired) electrons. The maximum absolute atomic E-state index is 4.72. The van der Waals surface area contributed by atoms with Crippen LogP contribution in [0.3, 0.4) is 0 Å². The number of aryl methyl sites for hydroxylation is 1. The van der Waals surface area contributed by atoms with Crippen LogP contribution in [0.4, 0.5) is 5.69 Å². The minimum Gasteiger partial charge on any atom is -0.369 e. The third-order valence-corrected chi connectivity index (χ3v) is 4.40. The second-order valence-corrected chi connectivity index (χ2v) is 6.33. The van der Waals surface area contributed by atoms with Crippen molar-refractivity contribution in [2.75, 3.05) is 31.1 Å². The number of aliphatic imine (C=N–C) groups is 1. The van der Waals surface area contributed by atoms with Gasteiger partial charge in [0.15, 0.2) is 5.96 Å². The van der Waals surface area contributed by atoms with Gasteiger partial charge in [0.2, 0.25) is 0 Å². The van der Waals surface area contributed by atoms with Crippen molar-refractivity contribution < 1.29 is 0 Å². The minimum absolute atomic E-state index is 0.437. The lowest BCUT2D eigenvalue weighted by molar-refractivity contribution is 0.630. The van der Waals surface area contributed by atoms with Crippen molar-refractivity contribution in [3.05, 3.63) is 49.1 Å². The van der Waals surface area contributed by atoms with Crippen LogP contribution < -0.4 is 15.5 Å². The molecule has 1 fully saturated rings. The molecular formula is C19H28N6. The highest BCUT2D eigenvalue weighted by Gasteiger charge is 2.23. The first-order valence-corrected chi connectivity index (χ1v) is 9.15. The van der Waals surface area contributed by atoms with E-state index in [1.54, 1.807) is 0 Å². The Morgan fingerprint density at radius 2 is 2.20 bits per heavy atom. The number of para-hydroxylation sites is 1. The van der Waals surface area contributed by atoms with Gasteiger partial charge in [-0.15, -0.1) is 0 Å². The molecule has 1 unspecified atom stereocenters. The van der Waals surface area contributed by atoms with Crippen molar-refractivity contribution in [1.82, 2.24) is 20.2 Å². The van der Waals surface area contributed by atoms with Crippen molar-refractivity contribution in [2.45, 2.75) is 32.4 Å². The Morgan fingerprint density at radius 1 is 1.32 bits per heavy atom. The van der Waals surface area contributed by atoms with Crippen LogP contribution in [0.2, 0.25) is 0 Å². The first-order valence-electron chi connectivity index (χ1n) is 9.15. The fourth-order valence-corrected chi connectivity index (χ4v) is 3.13. The molecule has 2 heterocycles. The number of rotatable bonds is 7. The average Bonchev–Trinajstić information content (AvgIpc) is 3.31. The van der Waals surface area contributed by atoms with E-state index in [4.69, 9.17) is 4.99 Å². The molecule has 25 heavy (non-hydrogen) atoms. The van der Waals surface area contributed by atoms with Crippen LogP contribution in [0.25, 0.3) is 0 Å². The topological polar surface area (TPSA) is 57.5 Å². The van der Waals surface area contributed by atoms with Crippen LogP contribution in [0.1, 0.15) is 19.8 Å². The van der Waals surface area contributed by atoms with E-state index < -0.39 is 0 Å². The van der Waals surface area contributed by atoms with E-state index in [0.29, 0.717) is 6.04 Å². The van der Waals surface area contributed by atoms with Gasteiger partial charge in [0, 0.05) is 56.8 Å². The first kappa shape index (κ1) is 17.3. The van der Waals surface area contributed by atoms with E-state index in [-0.39, 0.29) is 0 Å². The molecule has 134 valence electrons. The number of hydrogen-bond donors (Lipinski definition) is 2. The SMILES string of the molecule is CCNC(=NCCCn1ccnc1)NC1CCN(c2ccccc2)C1. The van der Waals surface area contributed by atoms with Crippen molar-refractivity contribution in [3.63, 3.8) is 0 Å². The predicted octanol–water partition coefficient (Wildman–Crippen LogP) is 2.11. The van der Waals surface area contributed by atoms with Crippen LogP contribution >= 0.6 is 0 Å². The summed E-state index contributed by atoms with van der Waals surface area (Å²) in [6.07, 6.45) is 7.79. The largest absolute Gasteiger partial charge is 0.369 e. The number of benzene rings is 1. The molecule has 0 aliphatic carbocycles. The summed E-state index contributed by atoms with van der Waals surface area (Å²) in [5.41, 5.74) is 1.30. The molecule has 2 N–H and O–H groups in total. The lowest BCUT2D eigenvalue weighted by Crippen LogP contribution is -2.44. The number of guanidine groups is 1. The molecule has 0 spiro atoms. The van der Waals surface area contributed by atoms with Crippen LogP contribution in [-0.2, 0) is 6.54 Å². The monoisotopic (exact) mass is 340 g/mol. The first-order chi connectivity index (χ1) is 12.3. The van der Waals surface area contributed by atoms with Crippen molar-refractivity contribution >= 4 is 11.6 Å². The van der Waals surface area contributed by atoms with Crippen LogP contribution in [0.5, 0.6) is 0 Å². The number of nitrogens with one attached hydrogen (secondary N) is 2. The number of imidazole rings is 1. The van der Waals surface area contributed by atoms with Crippen LogP contribution in [0.15, 0.2) is 54.0 Å². The van der Waals surface area contributed by atoms with Gasteiger partial charge in [-0.2, -0.15) is 0 Å². The van der Waals surface area contributed by atoms with Gasteiger partial charge in [0.1, 0.15) is 0 Å². The second kappa shape index (κ2) is 9.11. The third-order valence-electron chi connectivity index (χ3n) is 4.40. The smallest absolute Gasteiger partial charge is 0.191 e. The van der Waals surface area contributed by atoms with Gasteiger partial charge in [-0.25, -0.2) is 4.98 Å². The maximum Gasteiger partial charge on any atom is 0.191 e. The number of nitrogens with zero attached hydrogens (tertiary/aromatic N) is 4. The number of aromatic nitrogens is 2. The van der Waals surface area contributed by atoms with Crippen LogP contribution in [0, 0.1) is 0 Å². The van der Waals surface area contributed by atoms with E-state index in [2.05, 4.69) is 62.3 Å². The summed E-state index contributed by atoms with van der Waals surface area (Å²) in [5, 5.41) is 6.95. The molecule has 1 aromatic carbocycles. The van der Waals surface area contributed by atoms with Gasteiger partial charge < -0.3 is 20.1 Å². The van der Waals surface area contributed by atoms with E-state index in [1.165, 1.54) is 5.69 Å². The molecule has 1 aromatic heterocycles. The maximum atomic E-state index is 4.72.